The molecule has 1 aliphatic carbocycles. The molecule has 242 valence electrons. The first kappa shape index (κ1) is 33.8. The van der Waals surface area contributed by atoms with Crippen LogP contribution in [0.2, 0.25) is 0 Å². The van der Waals surface area contributed by atoms with E-state index in [4.69, 9.17) is 15.6 Å². The Kier molecular flexibility index (Phi) is 11.1. The summed E-state index contributed by atoms with van der Waals surface area (Å²) in [5.41, 5.74) is 6.21. The molecule has 0 aromatic carbocycles. The van der Waals surface area contributed by atoms with Gasteiger partial charge in [0, 0.05) is 29.9 Å². The monoisotopic (exact) mass is 644 g/mol. The molecule has 45 heavy (non-hydrogen) atoms. The number of carbonyl (C=O) groups is 2. The summed E-state index contributed by atoms with van der Waals surface area (Å²) >= 11 is 1.22. The third kappa shape index (κ3) is 8.55. The van der Waals surface area contributed by atoms with Crippen LogP contribution in [0, 0.1) is 17.2 Å². The molecule has 0 radical (unpaired) electrons. The molecule has 12 nitrogen and oxygen atoms in total. The molecule has 5 rings (SSSR count). The summed E-state index contributed by atoms with van der Waals surface area (Å²) in [4.78, 5) is 33.6. The van der Waals surface area contributed by atoms with E-state index in [1.807, 2.05) is 20.8 Å². The molecule has 1 amide bonds. The van der Waals surface area contributed by atoms with E-state index in [9.17, 15) is 18.4 Å². The second-order valence-corrected chi connectivity index (χ2v) is 12.5. The highest BCUT2D eigenvalue weighted by Crippen LogP contribution is 2.34. The Morgan fingerprint density at radius 3 is 2.56 bits per heavy atom. The van der Waals surface area contributed by atoms with E-state index in [2.05, 4.69) is 25.5 Å². The van der Waals surface area contributed by atoms with Crippen LogP contribution in [-0.2, 0) is 16.3 Å². The van der Waals surface area contributed by atoms with Crippen LogP contribution in [0.15, 0.2) is 36.1 Å². The van der Waals surface area contributed by atoms with Gasteiger partial charge < -0.3 is 20.9 Å². The lowest BCUT2D eigenvalue weighted by Crippen LogP contribution is -2.43. The Morgan fingerprint density at radius 2 is 1.87 bits per heavy atom. The van der Waals surface area contributed by atoms with E-state index < -0.39 is 35.1 Å². The van der Waals surface area contributed by atoms with Gasteiger partial charge in [-0.3, -0.25) is 14.3 Å². The number of aliphatic hydroxyl groups excluding tert-OH is 1. The highest BCUT2D eigenvalue weighted by Gasteiger charge is 2.29. The van der Waals surface area contributed by atoms with Gasteiger partial charge in [-0.2, -0.15) is 14.6 Å². The quantitative estimate of drug-likeness (QED) is 0.173. The maximum absolute atomic E-state index is 14.7. The van der Waals surface area contributed by atoms with Gasteiger partial charge in [0.15, 0.2) is 12.5 Å². The zero-order valence-electron chi connectivity index (χ0n) is 25.7. The Hall–Kier alpha value is -4.08. The number of aromatic nitrogens is 6. The number of nitrogens with one attached hydrogen (secondary N) is 1. The standard InChI is InChI=1S/C28H32F2N8O3S.C2H6O/c1-28(2,3)24(31)27(40)41-15-37-12-16(11-32-37)26-34-20(14-42-26)25(39)33-19-13-38(17-7-5-4-6-8-17)36-23(19)22-18(29)9-10-21(30)35-22;1-2-3/h9-14,17,24H,4-8,15,31H2,1-3H3,(H,33,39);3H,2H2,1H3. The molecule has 4 aromatic heterocycles. The van der Waals surface area contributed by atoms with Crippen LogP contribution in [0.4, 0.5) is 14.5 Å². The summed E-state index contributed by atoms with van der Waals surface area (Å²) < 4.78 is 37.0. The number of hydrogen-bond acceptors (Lipinski definition) is 10. The SMILES string of the molecule is CC(C)(C)C(N)C(=O)OCn1cc(-c2nc(C(=O)Nc3cn(C4CCCCC4)nc3-c3nc(F)ccc3F)cs2)cn1.CCO. The highest BCUT2D eigenvalue weighted by molar-refractivity contribution is 7.13. The van der Waals surface area contributed by atoms with Crippen molar-refractivity contribution in [2.75, 3.05) is 11.9 Å². The fourth-order valence-electron chi connectivity index (χ4n) is 4.59. The molecular weight excluding hydrogens is 606 g/mol. The molecule has 1 aliphatic rings. The minimum Gasteiger partial charge on any atom is -0.441 e. The van der Waals surface area contributed by atoms with Crippen LogP contribution in [-0.4, -0.2) is 59.2 Å². The maximum Gasteiger partial charge on any atom is 0.325 e. The number of aliphatic hydroxyl groups is 1. The summed E-state index contributed by atoms with van der Waals surface area (Å²) in [6, 6.07) is 1.22. The molecule has 0 spiro atoms. The molecule has 0 aliphatic heterocycles. The first-order chi connectivity index (χ1) is 21.4. The topological polar surface area (TPSA) is 163 Å². The largest absolute Gasteiger partial charge is 0.441 e. The average molecular weight is 645 g/mol. The van der Waals surface area contributed by atoms with Crippen LogP contribution in [0.1, 0.15) is 76.3 Å². The molecule has 4 N–H and O–H groups in total. The average Bonchev–Trinajstić information content (AvgIpc) is 3.77. The third-order valence-electron chi connectivity index (χ3n) is 7.11. The molecule has 0 bridgehead atoms. The van der Waals surface area contributed by atoms with E-state index >= 15 is 0 Å². The number of carbonyl (C=O) groups excluding carboxylic acids is 2. The summed E-state index contributed by atoms with van der Waals surface area (Å²) in [6.07, 6.45) is 9.84. The fraction of sp³-hybridized carbons (Fsp3) is 0.467. The van der Waals surface area contributed by atoms with Crippen molar-refractivity contribution in [2.24, 2.45) is 11.1 Å². The van der Waals surface area contributed by atoms with E-state index in [0.717, 1.165) is 44.2 Å². The smallest absolute Gasteiger partial charge is 0.325 e. The highest BCUT2D eigenvalue weighted by atomic mass is 32.1. The van der Waals surface area contributed by atoms with Gasteiger partial charge in [0.05, 0.1) is 17.9 Å². The number of halogens is 2. The van der Waals surface area contributed by atoms with Gasteiger partial charge in [0.1, 0.15) is 28.1 Å². The van der Waals surface area contributed by atoms with Crippen molar-refractivity contribution in [1.29, 1.82) is 0 Å². The van der Waals surface area contributed by atoms with Crippen LogP contribution in [0.25, 0.3) is 22.0 Å². The number of amides is 1. The zero-order chi connectivity index (χ0) is 32.7. The Labute approximate surface area is 263 Å². The van der Waals surface area contributed by atoms with Crippen molar-refractivity contribution >= 4 is 28.9 Å². The number of ether oxygens (including phenoxy) is 1. The predicted octanol–water partition coefficient (Wildman–Crippen LogP) is 5.17. The van der Waals surface area contributed by atoms with Crippen LogP contribution in [0.3, 0.4) is 0 Å². The van der Waals surface area contributed by atoms with E-state index in [-0.39, 0.29) is 42.1 Å². The molecular formula is C30H38F2N8O4S. The first-order valence-electron chi connectivity index (χ1n) is 14.7. The minimum atomic E-state index is -0.854. The first-order valence-corrected chi connectivity index (χ1v) is 15.5. The number of thiazole rings is 1. The number of hydrogen-bond donors (Lipinski definition) is 3. The van der Waals surface area contributed by atoms with Crippen molar-refractivity contribution in [3.63, 3.8) is 0 Å². The van der Waals surface area contributed by atoms with E-state index in [0.29, 0.717) is 10.6 Å². The molecule has 1 atom stereocenters. The van der Waals surface area contributed by atoms with Crippen molar-refractivity contribution in [1.82, 2.24) is 29.5 Å². The van der Waals surface area contributed by atoms with Crippen LogP contribution >= 0.6 is 11.3 Å². The van der Waals surface area contributed by atoms with Gasteiger partial charge in [0.2, 0.25) is 5.95 Å². The van der Waals surface area contributed by atoms with Crippen molar-refractivity contribution in [2.45, 2.75) is 78.6 Å². The lowest BCUT2D eigenvalue weighted by Gasteiger charge is -2.24. The molecule has 0 saturated heterocycles. The molecule has 15 heteroatoms. The number of esters is 1. The van der Waals surface area contributed by atoms with Gasteiger partial charge in [0.25, 0.3) is 5.91 Å². The van der Waals surface area contributed by atoms with Gasteiger partial charge >= 0.3 is 5.97 Å². The third-order valence-corrected chi connectivity index (χ3v) is 8.00. The lowest BCUT2D eigenvalue weighted by molar-refractivity contribution is -0.152. The Balaban J connectivity index is 0.00000148. The van der Waals surface area contributed by atoms with Crippen LogP contribution in [0.5, 0.6) is 0 Å². The maximum atomic E-state index is 14.7. The van der Waals surface area contributed by atoms with E-state index in [1.54, 1.807) is 35.6 Å². The molecule has 1 fully saturated rings. The van der Waals surface area contributed by atoms with Gasteiger partial charge in [-0.25, -0.2) is 19.0 Å². The van der Waals surface area contributed by atoms with Gasteiger partial charge in [-0.1, -0.05) is 40.0 Å². The zero-order valence-corrected chi connectivity index (χ0v) is 26.5. The minimum absolute atomic E-state index is 0.0448. The molecule has 1 saturated carbocycles. The molecule has 4 heterocycles. The Morgan fingerprint density at radius 1 is 1.16 bits per heavy atom. The number of nitrogens with two attached hydrogens (primary N) is 1. The van der Waals surface area contributed by atoms with Crippen LogP contribution < -0.4 is 11.1 Å². The fourth-order valence-corrected chi connectivity index (χ4v) is 5.37. The number of pyridine rings is 1. The summed E-state index contributed by atoms with van der Waals surface area (Å²) in [5, 5.41) is 21.1. The second kappa shape index (κ2) is 14.8. The van der Waals surface area contributed by atoms with Crippen molar-refractivity contribution < 1.29 is 28.2 Å². The van der Waals surface area contributed by atoms with E-state index in [1.165, 1.54) is 16.0 Å². The second-order valence-electron chi connectivity index (χ2n) is 11.6. The number of rotatable bonds is 8. The molecule has 4 aromatic rings. The summed E-state index contributed by atoms with van der Waals surface area (Å²) in [6.45, 7) is 7.35. The normalized spacial score (nSPS) is 14.4. The number of nitrogens with zero attached hydrogens (tertiary/aromatic N) is 6. The van der Waals surface area contributed by atoms with Gasteiger partial charge in [-0.15, -0.1) is 11.3 Å². The van der Waals surface area contributed by atoms with Crippen molar-refractivity contribution in [3.05, 3.63) is 53.6 Å². The Bertz CT molecular complexity index is 1610. The lowest BCUT2D eigenvalue weighted by atomic mass is 9.87. The number of anilines is 1. The summed E-state index contributed by atoms with van der Waals surface area (Å²) in [5.74, 6) is -2.68. The summed E-state index contributed by atoms with van der Waals surface area (Å²) in [7, 11) is 0. The van der Waals surface area contributed by atoms with Gasteiger partial charge in [-0.05, 0) is 37.3 Å². The molecule has 1 unspecified atom stereocenters. The van der Waals surface area contributed by atoms with Crippen molar-refractivity contribution in [3.8, 4) is 22.0 Å². The predicted molar refractivity (Wildman–Crippen MR) is 165 cm³/mol.